The monoisotopic (exact) mass is 536 g/mol. The maximum atomic E-state index is 13.7. The van der Waals surface area contributed by atoms with Gasteiger partial charge in [0.1, 0.15) is 31.4 Å². The lowest BCUT2D eigenvalue weighted by molar-refractivity contribution is -0.141. The summed E-state index contributed by atoms with van der Waals surface area (Å²) in [4.78, 5) is 16.3. The predicted octanol–water partition coefficient (Wildman–Crippen LogP) is 6.27. The maximum Gasteiger partial charge on any atom is 0.433 e. The Morgan fingerprint density at radius 2 is 1.92 bits per heavy atom. The number of hydrogen-bond acceptors (Lipinski definition) is 8. The highest BCUT2D eigenvalue weighted by Gasteiger charge is 2.38. The molecule has 1 aliphatic carbocycles. The number of alkyl halides is 3. The van der Waals surface area contributed by atoms with Gasteiger partial charge in [-0.3, -0.25) is 4.98 Å². The van der Waals surface area contributed by atoms with Crippen LogP contribution in [0.5, 0.6) is 11.6 Å². The summed E-state index contributed by atoms with van der Waals surface area (Å²) in [6.45, 7) is 1.47. The van der Waals surface area contributed by atoms with Crippen LogP contribution < -0.4 is 4.74 Å². The average molecular weight is 537 g/mol. The van der Waals surface area contributed by atoms with Gasteiger partial charge < -0.3 is 4.74 Å². The molecule has 1 saturated carbocycles. The van der Waals surface area contributed by atoms with Crippen molar-refractivity contribution in [2.75, 3.05) is 0 Å². The topological polar surface area (TPSA) is 125 Å². The van der Waals surface area contributed by atoms with Crippen molar-refractivity contribution in [2.24, 2.45) is 0 Å². The first-order valence-electron chi connectivity index (χ1n) is 11.4. The molecule has 0 amide bonds. The molecule has 5 rings (SSSR count). The van der Waals surface area contributed by atoms with Crippen LogP contribution >= 0.6 is 0 Å². The van der Waals surface area contributed by atoms with Crippen LogP contribution in [0.4, 0.5) is 13.2 Å². The Labute approximate surface area is 216 Å². The molecular weight excluding hydrogens is 517 g/mol. The summed E-state index contributed by atoms with van der Waals surface area (Å²) in [5.41, 5.74) is 0.332. The van der Waals surface area contributed by atoms with E-state index >= 15 is 0 Å². The third kappa shape index (κ3) is 4.92. The molecule has 1 N–H and O–H groups in total. The van der Waals surface area contributed by atoms with Gasteiger partial charge in [0.05, 0.1) is 17.0 Å². The number of hydrogen-bond donors (Lipinski definition) is 1. The highest BCUT2D eigenvalue weighted by molar-refractivity contribution is 7.92. The second-order valence-electron chi connectivity index (χ2n) is 8.71. The fraction of sp³-hybridized carbons (Fsp3) is 0.192. The Bertz CT molecular complexity index is 1680. The van der Waals surface area contributed by atoms with Gasteiger partial charge in [-0.25, -0.2) is 23.9 Å². The first-order chi connectivity index (χ1) is 18.1. The fourth-order valence-corrected chi connectivity index (χ4v) is 5.14. The van der Waals surface area contributed by atoms with E-state index in [-0.39, 0.29) is 44.3 Å². The van der Waals surface area contributed by atoms with Crippen LogP contribution in [0.25, 0.3) is 11.3 Å². The number of aryl methyl sites for hydroxylation is 1. The number of halogens is 3. The van der Waals surface area contributed by atoms with Crippen LogP contribution in [-0.2, 0) is 15.9 Å². The van der Waals surface area contributed by atoms with Gasteiger partial charge in [0.15, 0.2) is 5.75 Å². The van der Waals surface area contributed by atoms with Crippen LogP contribution in [0.15, 0.2) is 71.0 Å². The van der Waals surface area contributed by atoms with E-state index in [2.05, 4.69) is 19.9 Å². The molecule has 4 aromatic heterocycles. The molecule has 0 spiro atoms. The molecule has 0 bridgehead atoms. The Balaban J connectivity index is 1.69. The van der Waals surface area contributed by atoms with Crippen molar-refractivity contribution in [2.45, 2.75) is 41.8 Å². The first kappa shape index (κ1) is 25.3. The molecule has 0 radical (unpaired) electrons. The minimum absolute atomic E-state index is 0.0303. The van der Waals surface area contributed by atoms with Crippen molar-refractivity contribution in [3.63, 3.8) is 0 Å². The zero-order valence-electron chi connectivity index (χ0n) is 19.9. The summed E-state index contributed by atoms with van der Waals surface area (Å²) in [5, 5.41) is 9.21. The fourth-order valence-electron chi connectivity index (χ4n) is 3.84. The summed E-state index contributed by atoms with van der Waals surface area (Å²) in [5.74, 6) is -0.376. The van der Waals surface area contributed by atoms with E-state index in [9.17, 15) is 22.6 Å². The van der Waals surface area contributed by atoms with Crippen LogP contribution in [0, 0.1) is 23.0 Å². The van der Waals surface area contributed by atoms with Gasteiger partial charge in [0, 0.05) is 30.1 Å². The smallest absolute Gasteiger partial charge is 0.433 e. The van der Waals surface area contributed by atoms with Crippen LogP contribution in [0.3, 0.4) is 0 Å². The molecule has 1 unspecified atom stereocenters. The lowest BCUT2D eigenvalue weighted by Gasteiger charge is -2.18. The highest BCUT2D eigenvalue weighted by Crippen LogP contribution is 2.47. The van der Waals surface area contributed by atoms with Crippen molar-refractivity contribution in [1.29, 1.82) is 10.0 Å². The Morgan fingerprint density at radius 1 is 1.13 bits per heavy atom. The van der Waals surface area contributed by atoms with E-state index in [1.807, 2.05) is 6.07 Å². The molecule has 1 aliphatic rings. The van der Waals surface area contributed by atoms with Gasteiger partial charge >= 0.3 is 6.18 Å². The molecule has 0 aliphatic heterocycles. The molecule has 0 aromatic carbocycles. The molecule has 12 heteroatoms. The minimum atomic E-state index is -4.64. The number of nitrogens with one attached hydrogen (secondary N) is 1. The van der Waals surface area contributed by atoms with E-state index in [1.54, 1.807) is 18.2 Å². The maximum absolute atomic E-state index is 13.7. The molecule has 1 atom stereocenters. The van der Waals surface area contributed by atoms with E-state index < -0.39 is 21.6 Å². The van der Waals surface area contributed by atoms with Gasteiger partial charge in [-0.05, 0) is 61.7 Å². The van der Waals surface area contributed by atoms with Gasteiger partial charge in [-0.15, -0.1) is 0 Å². The summed E-state index contributed by atoms with van der Waals surface area (Å²) in [6.07, 6.45) is 0.931. The Hall–Kier alpha value is -4.37. The number of nitrogens with zero attached hydrogens (tertiary/aromatic N) is 5. The van der Waals surface area contributed by atoms with Crippen molar-refractivity contribution in [1.82, 2.24) is 19.9 Å². The highest BCUT2D eigenvalue weighted by atomic mass is 32.2. The van der Waals surface area contributed by atoms with Crippen molar-refractivity contribution < 1.29 is 22.1 Å². The van der Waals surface area contributed by atoms with Gasteiger partial charge in [-0.1, -0.05) is 6.07 Å². The molecule has 4 aromatic rings. The molecule has 0 saturated heterocycles. The summed E-state index contributed by atoms with van der Waals surface area (Å²) < 4.78 is 69.0. The van der Waals surface area contributed by atoms with E-state index in [0.717, 1.165) is 6.07 Å². The number of rotatable bonds is 6. The van der Waals surface area contributed by atoms with Crippen molar-refractivity contribution >= 4 is 9.73 Å². The predicted molar refractivity (Wildman–Crippen MR) is 130 cm³/mol. The molecular formula is C26H19F3N6O2S. The molecule has 8 nitrogen and oxygen atoms in total. The third-order valence-corrected chi connectivity index (χ3v) is 7.63. The number of ether oxygens (including phenoxy) is 1. The Kier molecular flexibility index (Phi) is 6.32. The van der Waals surface area contributed by atoms with Crippen molar-refractivity contribution in [3.05, 3.63) is 83.6 Å². The summed E-state index contributed by atoms with van der Waals surface area (Å²) in [6, 6.07) is 12.0. The van der Waals surface area contributed by atoms with Crippen LogP contribution in [0.1, 0.15) is 41.3 Å². The molecule has 1 fully saturated rings. The van der Waals surface area contributed by atoms with Gasteiger partial charge in [0.25, 0.3) is 0 Å². The van der Waals surface area contributed by atoms with Crippen LogP contribution in [-0.4, -0.2) is 24.1 Å². The second kappa shape index (κ2) is 9.50. The lowest BCUT2D eigenvalue weighted by atomic mass is 10.1. The molecule has 4 heterocycles. The SMILES string of the molecule is Cc1cc(C(F)(F)F)nc(C2CC2)c1Oc1nc(-c2cncc(C#N)c2)ccc1S(=N)(=O)c1ccccn1. The first-order valence-corrected chi connectivity index (χ1v) is 13.0. The quantitative estimate of drug-likeness (QED) is 0.308. The normalized spacial score (nSPS) is 14.9. The summed E-state index contributed by atoms with van der Waals surface area (Å²) >= 11 is 0. The number of nitriles is 1. The standard InChI is InChI=1S/C26H19F3N6O2S/c1-15-10-21(26(27,28)29)35-23(17-5-6-17)24(15)37-25-20(38(31,36)22-4-2-3-9-33-22)8-7-19(34-25)18-11-16(12-30)13-32-14-18/h2-4,7-11,13-14,17,31H,5-6H2,1H3. The minimum Gasteiger partial charge on any atom is -0.436 e. The van der Waals surface area contributed by atoms with E-state index in [1.165, 1.54) is 43.7 Å². The lowest BCUT2D eigenvalue weighted by Crippen LogP contribution is -2.12. The zero-order valence-corrected chi connectivity index (χ0v) is 20.7. The Morgan fingerprint density at radius 3 is 2.58 bits per heavy atom. The largest absolute Gasteiger partial charge is 0.436 e. The van der Waals surface area contributed by atoms with Crippen molar-refractivity contribution in [3.8, 4) is 29.0 Å². The van der Waals surface area contributed by atoms with E-state index in [0.29, 0.717) is 24.1 Å². The summed E-state index contributed by atoms with van der Waals surface area (Å²) in [7, 11) is -3.73. The number of pyridine rings is 4. The average Bonchev–Trinajstić information content (AvgIpc) is 3.75. The van der Waals surface area contributed by atoms with E-state index in [4.69, 9.17) is 9.52 Å². The zero-order chi connectivity index (χ0) is 27.1. The third-order valence-electron chi connectivity index (χ3n) is 5.87. The van der Waals surface area contributed by atoms with Gasteiger partial charge in [0.2, 0.25) is 5.88 Å². The van der Waals surface area contributed by atoms with Crippen LogP contribution in [0.2, 0.25) is 0 Å². The molecule has 192 valence electrons. The number of aromatic nitrogens is 4. The molecule has 38 heavy (non-hydrogen) atoms. The second-order valence-corrected chi connectivity index (χ2v) is 10.7. The van der Waals surface area contributed by atoms with Gasteiger partial charge in [-0.2, -0.15) is 18.4 Å².